The Labute approximate surface area is 404 Å². The number of carboxylic acids is 2. The van der Waals surface area contributed by atoms with Crippen molar-refractivity contribution in [2.24, 2.45) is 5.73 Å². The molecule has 6 aromatic rings. The lowest BCUT2D eigenvalue weighted by atomic mass is 9.97. The Morgan fingerprint density at radius 1 is 0.710 bits per heavy atom. The molecule has 21 heteroatoms. The molecule has 0 fully saturated rings. The molecule has 0 bridgehead atoms. The van der Waals surface area contributed by atoms with E-state index in [4.69, 9.17) is 53.1 Å². The minimum absolute atomic E-state index is 0.112. The highest BCUT2D eigenvalue weighted by Gasteiger charge is 2.25. The van der Waals surface area contributed by atoms with Crippen LogP contribution in [0.2, 0.25) is 10.0 Å². The number of aromatic carboxylic acids is 1. The molecule has 0 aliphatic rings. The zero-order chi connectivity index (χ0) is 51.2. The van der Waals surface area contributed by atoms with Crippen LogP contribution < -0.4 is 20.5 Å². The summed E-state index contributed by atoms with van der Waals surface area (Å²) in [5.74, 6) is -4.69. The number of methoxy groups -OCH3 is 2. The van der Waals surface area contributed by atoms with Crippen LogP contribution in [0.5, 0.6) is 11.8 Å². The van der Waals surface area contributed by atoms with Crippen molar-refractivity contribution in [3.63, 3.8) is 0 Å². The van der Waals surface area contributed by atoms with E-state index in [1.54, 1.807) is 49.4 Å². The fourth-order valence-electron chi connectivity index (χ4n) is 6.11. The number of rotatable bonds is 18. The van der Waals surface area contributed by atoms with Gasteiger partial charge in [0.2, 0.25) is 11.5 Å². The second kappa shape index (κ2) is 28.1. The molecule has 2 heterocycles. The van der Waals surface area contributed by atoms with Gasteiger partial charge in [-0.3, -0.25) is 4.79 Å². The lowest BCUT2D eigenvalue weighted by Crippen LogP contribution is -2.40. The Morgan fingerprint density at radius 2 is 1.17 bits per heavy atom. The summed E-state index contributed by atoms with van der Waals surface area (Å²) in [6.45, 7) is 1.89. The number of halogens is 4. The topological polar surface area (TPSA) is 267 Å². The molecule has 0 aliphatic carbocycles. The lowest BCUT2D eigenvalue weighted by Gasteiger charge is -2.20. The van der Waals surface area contributed by atoms with E-state index in [1.807, 2.05) is 12.1 Å². The van der Waals surface area contributed by atoms with E-state index in [0.717, 1.165) is 11.1 Å². The zero-order valence-corrected chi connectivity index (χ0v) is 38.7. The number of nitrogens with two attached hydrogens (primary N) is 1. The van der Waals surface area contributed by atoms with E-state index in [0.29, 0.717) is 38.7 Å². The number of aliphatic carboxylic acids is 1. The number of nitrogens with zero attached hydrogens (tertiary/aromatic N) is 2. The number of carbonyl (C=O) groups is 4. The highest BCUT2D eigenvalue weighted by atomic mass is 35.5. The molecule has 0 radical (unpaired) electrons. The van der Waals surface area contributed by atoms with Crippen molar-refractivity contribution >= 4 is 47.0 Å². The average Bonchev–Trinajstić information content (AvgIpc) is 4.04. The van der Waals surface area contributed by atoms with Crippen LogP contribution in [0.3, 0.4) is 0 Å². The number of carboxylic acid groups (broad SMARTS) is 2. The third-order valence-corrected chi connectivity index (χ3v) is 9.88. The summed E-state index contributed by atoms with van der Waals surface area (Å²) in [6.07, 6.45) is 5.66. The molecule has 17 nitrogen and oxygen atoms in total. The number of aliphatic hydroxyl groups is 2. The molecule has 0 spiro atoms. The molecule has 0 aliphatic heterocycles. The first-order chi connectivity index (χ1) is 32.9. The number of ether oxygens (including phenoxy) is 3. The molecular formula is C48H48Cl2F2N4O13. The van der Waals surface area contributed by atoms with Crippen molar-refractivity contribution in [3.05, 3.63) is 141 Å². The van der Waals surface area contributed by atoms with Crippen LogP contribution in [0.25, 0.3) is 22.3 Å². The maximum absolute atomic E-state index is 14.1. The monoisotopic (exact) mass is 996 g/mol. The molecule has 4 aromatic carbocycles. The van der Waals surface area contributed by atoms with Crippen molar-refractivity contribution < 1.29 is 71.6 Å². The van der Waals surface area contributed by atoms with Crippen LogP contribution in [-0.4, -0.2) is 99.7 Å². The number of carbonyl (C=O) groups excluding carboxylic acids is 2. The van der Waals surface area contributed by atoms with Crippen LogP contribution in [0.4, 0.5) is 8.78 Å². The van der Waals surface area contributed by atoms with E-state index in [9.17, 15) is 38.2 Å². The average molecular weight is 998 g/mol. The third kappa shape index (κ3) is 18.0. The number of aromatic nitrogens is 2. The smallest absolute Gasteiger partial charge is 0.374 e. The molecule has 0 saturated carbocycles. The summed E-state index contributed by atoms with van der Waals surface area (Å²) >= 11 is 11.9. The number of nitrogens with one attached hydrogen (secondary N) is 1. The van der Waals surface area contributed by atoms with E-state index in [-0.39, 0.29) is 55.0 Å². The van der Waals surface area contributed by atoms with Crippen LogP contribution >= 0.6 is 23.2 Å². The van der Waals surface area contributed by atoms with Crippen molar-refractivity contribution in [1.29, 1.82) is 0 Å². The van der Waals surface area contributed by atoms with Crippen LogP contribution in [0.15, 0.2) is 106 Å². The molecule has 0 unspecified atom stereocenters. The summed E-state index contributed by atoms with van der Waals surface area (Å²) < 4.78 is 51.4. The Balaban J connectivity index is 0.000000301. The van der Waals surface area contributed by atoms with Crippen molar-refractivity contribution in [1.82, 2.24) is 15.6 Å². The molecule has 1 amide bonds. The third-order valence-electron chi connectivity index (χ3n) is 9.41. The van der Waals surface area contributed by atoms with Gasteiger partial charge in [-0.15, -0.1) is 12.8 Å². The fraction of sp³-hybridized carbons (Fsp3) is 0.250. The quantitative estimate of drug-likeness (QED) is 0.0365. The number of amides is 1. The van der Waals surface area contributed by atoms with Crippen molar-refractivity contribution in [2.45, 2.75) is 56.9 Å². The number of terminal acetylenes is 1. The van der Waals surface area contributed by atoms with Gasteiger partial charge >= 0.3 is 17.9 Å². The minimum atomic E-state index is -1.68. The lowest BCUT2D eigenvalue weighted by molar-refractivity contribution is -0.153. The summed E-state index contributed by atoms with van der Waals surface area (Å²) in [5, 5.41) is 47.2. The Bertz CT molecular complexity index is 2630. The van der Waals surface area contributed by atoms with Gasteiger partial charge in [-0.2, -0.15) is 0 Å². The van der Waals surface area contributed by atoms with Crippen LogP contribution in [0, 0.1) is 24.5 Å². The van der Waals surface area contributed by atoms with Crippen molar-refractivity contribution in [3.8, 4) is 46.9 Å². The van der Waals surface area contributed by atoms with E-state index in [2.05, 4.69) is 37.7 Å². The predicted molar refractivity (Wildman–Crippen MR) is 249 cm³/mol. The summed E-state index contributed by atoms with van der Waals surface area (Å²) in [6, 6.07) is 24.1. The van der Waals surface area contributed by atoms with Gasteiger partial charge in [-0.05, 0) is 95.2 Å². The fourth-order valence-corrected chi connectivity index (χ4v) is 6.45. The molecular weight excluding hydrogens is 949 g/mol. The van der Waals surface area contributed by atoms with Gasteiger partial charge in [0.15, 0.2) is 12.2 Å². The number of aliphatic hydroxyl groups excluding tert-OH is 2. The molecule has 7 N–H and O–H groups in total. The maximum atomic E-state index is 14.1. The van der Waals surface area contributed by atoms with E-state index >= 15 is 0 Å². The molecule has 2 aromatic heterocycles. The first-order valence-corrected chi connectivity index (χ1v) is 21.2. The zero-order valence-electron chi connectivity index (χ0n) is 37.2. The Morgan fingerprint density at radius 3 is 1.59 bits per heavy atom. The number of hydrogen-bond acceptors (Lipinski definition) is 14. The standard InChI is InChI=1S/C22H20ClFN2O6.C19H21ClFNO3.C5H5NO4.C2H2/c1-31-20-11-19(32-26-20)21(28)25-15(10-18(27)22(29)30)8-12-2-4-13(5-3-12)16-9-14(23)6-7-17(16)24;1-2-25-19(24)18(23)11-15(22)9-12-3-5-13(6-4-12)16-10-14(20)7-8-17(16)21;1-9-4-2-3(5(7)8)10-6-4;1-2/h2-7,9,11,15,18,27H,8,10H2,1H3,(H,25,28)(H,29,30);3-8,10,15,18,23H,2,9,11,22H2,1H3;2H,1H3,(H,7,8);1-2H/t2*15-,18-;;/m11../s1. The number of hydrogen-bond donors (Lipinski definition) is 6. The predicted octanol–water partition coefficient (Wildman–Crippen LogP) is 7.28. The van der Waals surface area contributed by atoms with Crippen molar-refractivity contribution in [2.75, 3.05) is 20.8 Å². The molecule has 366 valence electrons. The normalized spacial score (nSPS) is 12.1. The highest BCUT2D eigenvalue weighted by Crippen LogP contribution is 2.28. The SMILES string of the molecule is C#C.CCOC(=O)[C@H](O)C[C@H](N)Cc1ccc(-c2cc(Cl)ccc2F)cc1.COc1cc(C(=O)N[C@H](Cc2ccc(-c3cc(Cl)ccc3F)cc2)C[C@@H](O)C(=O)O)on1.COc1cc(C(=O)O)on1. The van der Waals surface area contributed by atoms with E-state index in [1.165, 1.54) is 56.7 Å². The van der Waals surface area contributed by atoms with Gasteiger partial charge < -0.3 is 54.7 Å². The van der Waals surface area contributed by atoms with Crippen LogP contribution in [0.1, 0.15) is 52.0 Å². The van der Waals surface area contributed by atoms with Gasteiger partial charge in [0.05, 0.1) is 33.0 Å². The Hall–Kier alpha value is -7.34. The summed E-state index contributed by atoms with van der Waals surface area (Å²) in [5.41, 5.74) is 9.74. The molecule has 69 heavy (non-hydrogen) atoms. The Kier molecular flexibility index (Phi) is 22.8. The number of esters is 1. The van der Waals surface area contributed by atoms with Gasteiger partial charge in [0.25, 0.3) is 17.7 Å². The minimum Gasteiger partial charge on any atom is -0.479 e. The molecule has 6 rings (SSSR count). The maximum Gasteiger partial charge on any atom is 0.374 e. The second-order valence-corrected chi connectivity index (χ2v) is 15.2. The highest BCUT2D eigenvalue weighted by molar-refractivity contribution is 6.31. The summed E-state index contributed by atoms with van der Waals surface area (Å²) in [7, 11) is 2.74. The first-order valence-electron chi connectivity index (χ1n) is 20.4. The summed E-state index contributed by atoms with van der Waals surface area (Å²) in [4.78, 5) is 45.1. The number of benzene rings is 4. The van der Waals surface area contributed by atoms with Gasteiger partial charge in [-0.25, -0.2) is 23.2 Å². The van der Waals surface area contributed by atoms with Crippen LogP contribution in [-0.2, 0) is 27.2 Å². The molecule has 0 saturated heterocycles. The largest absolute Gasteiger partial charge is 0.479 e. The second-order valence-electron chi connectivity index (χ2n) is 14.3. The van der Waals surface area contributed by atoms with Gasteiger partial charge in [0.1, 0.15) is 11.6 Å². The molecule has 4 atom stereocenters. The van der Waals surface area contributed by atoms with E-state index < -0.39 is 53.9 Å². The van der Waals surface area contributed by atoms with Gasteiger partial charge in [-0.1, -0.05) is 71.7 Å². The first kappa shape index (κ1) is 56.0. The van der Waals surface area contributed by atoms with Gasteiger partial charge in [0, 0.05) is 39.7 Å².